The van der Waals surface area contributed by atoms with Crippen LogP contribution in [0.5, 0.6) is 0 Å². The summed E-state index contributed by atoms with van der Waals surface area (Å²) in [5.74, 6) is 0.344. The van der Waals surface area contributed by atoms with E-state index in [1.54, 1.807) is 12.1 Å². The van der Waals surface area contributed by atoms with Crippen molar-refractivity contribution in [3.8, 4) is 0 Å². The number of hydrogen-bond acceptors (Lipinski definition) is 4. The lowest BCUT2D eigenvalue weighted by Crippen LogP contribution is -2.17. The van der Waals surface area contributed by atoms with Gasteiger partial charge in [-0.1, -0.05) is 6.07 Å². The number of rotatable bonds is 3. The van der Waals surface area contributed by atoms with Gasteiger partial charge in [0.25, 0.3) is 10.0 Å². The molecule has 1 aromatic carbocycles. The second kappa shape index (κ2) is 5.37. The molecule has 6 heteroatoms. The van der Waals surface area contributed by atoms with Crippen LogP contribution in [0.25, 0.3) is 0 Å². The first kappa shape index (κ1) is 15.3. The quantitative estimate of drug-likeness (QED) is 0.913. The first-order valence-electron chi connectivity index (χ1n) is 6.54. The molecule has 0 spiro atoms. The largest absolute Gasteiger partial charge is 0.384 e. The van der Waals surface area contributed by atoms with Crippen LogP contribution in [-0.2, 0) is 10.0 Å². The molecule has 0 saturated heterocycles. The van der Waals surface area contributed by atoms with E-state index in [0.29, 0.717) is 16.4 Å². The molecule has 0 aliphatic rings. The molecule has 2 aromatic rings. The van der Waals surface area contributed by atoms with Crippen LogP contribution in [0, 0.1) is 27.7 Å². The zero-order valence-corrected chi connectivity index (χ0v) is 13.4. The fourth-order valence-electron chi connectivity index (χ4n) is 2.26. The number of nitrogens with one attached hydrogen (secondary N) is 1. The lowest BCUT2D eigenvalue weighted by Gasteiger charge is -2.16. The van der Waals surface area contributed by atoms with Crippen LogP contribution in [0.3, 0.4) is 0 Å². The summed E-state index contributed by atoms with van der Waals surface area (Å²) in [6.07, 6.45) is 1.40. The number of aryl methyl sites for hydroxylation is 2. The van der Waals surface area contributed by atoms with Gasteiger partial charge >= 0.3 is 0 Å². The Bertz CT molecular complexity index is 755. The number of anilines is 2. The van der Waals surface area contributed by atoms with Gasteiger partial charge in [-0.3, -0.25) is 4.72 Å². The summed E-state index contributed by atoms with van der Waals surface area (Å²) in [6.45, 7) is 7.45. The van der Waals surface area contributed by atoms with E-state index in [9.17, 15) is 8.42 Å². The summed E-state index contributed by atoms with van der Waals surface area (Å²) in [6, 6.07) is 5.14. The van der Waals surface area contributed by atoms with Crippen molar-refractivity contribution in [1.82, 2.24) is 4.98 Å². The Morgan fingerprint density at radius 3 is 2.10 bits per heavy atom. The standard InChI is InChI=1S/C15H19N3O2S/c1-9-7-10(2)12(4)15(11(9)3)21(19,20)18-13-5-6-14(16)17-8-13/h5-8,18H,1-4H3,(H2,16,17). The van der Waals surface area contributed by atoms with Crippen LogP contribution < -0.4 is 10.5 Å². The van der Waals surface area contributed by atoms with E-state index >= 15 is 0 Å². The van der Waals surface area contributed by atoms with Crippen LogP contribution in [-0.4, -0.2) is 13.4 Å². The van der Waals surface area contributed by atoms with Gasteiger partial charge in [0.1, 0.15) is 5.82 Å². The van der Waals surface area contributed by atoms with E-state index in [-0.39, 0.29) is 0 Å². The summed E-state index contributed by atoms with van der Waals surface area (Å²) in [7, 11) is -3.66. The summed E-state index contributed by atoms with van der Waals surface area (Å²) in [5, 5.41) is 0. The zero-order valence-electron chi connectivity index (χ0n) is 12.6. The van der Waals surface area contributed by atoms with E-state index in [4.69, 9.17) is 5.73 Å². The number of nitrogens with zero attached hydrogens (tertiary/aromatic N) is 1. The van der Waals surface area contributed by atoms with Crippen molar-refractivity contribution in [2.45, 2.75) is 32.6 Å². The molecule has 5 nitrogen and oxygen atoms in total. The van der Waals surface area contributed by atoms with Gasteiger partial charge in [0, 0.05) is 0 Å². The minimum Gasteiger partial charge on any atom is -0.384 e. The molecule has 0 fully saturated rings. The highest BCUT2D eigenvalue weighted by Crippen LogP contribution is 2.27. The van der Waals surface area contributed by atoms with E-state index in [2.05, 4.69) is 9.71 Å². The van der Waals surface area contributed by atoms with Crippen LogP contribution in [0.2, 0.25) is 0 Å². The van der Waals surface area contributed by atoms with E-state index < -0.39 is 10.0 Å². The minimum atomic E-state index is -3.66. The average molecular weight is 305 g/mol. The molecule has 1 aromatic heterocycles. The Morgan fingerprint density at radius 1 is 1.05 bits per heavy atom. The third kappa shape index (κ3) is 3.00. The van der Waals surface area contributed by atoms with Crippen LogP contribution in [0.15, 0.2) is 29.3 Å². The molecule has 21 heavy (non-hydrogen) atoms. The van der Waals surface area contributed by atoms with Gasteiger partial charge in [-0.2, -0.15) is 0 Å². The fraction of sp³-hybridized carbons (Fsp3) is 0.267. The molecular weight excluding hydrogens is 286 g/mol. The molecule has 0 unspecified atom stereocenters. The van der Waals surface area contributed by atoms with Crippen molar-refractivity contribution < 1.29 is 8.42 Å². The van der Waals surface area contributed by atoms with Gasteiger partial charge < -0.3 is 5.73 Å². The van der Waals surface area contributed by atoms with Crippen molar-refractivity contribution in [2.24, 2.45) is 0 Å². The van der Waals surface area contributed by atoms with E-state index in [1.165, 1.54) is 6.20 Å². The van der Waals surface area contributed by atoms with Crippen molar-refractivity contribution in [3.63, 3.8) is 0 Å². The van der Waals surface area contributed by atoms with Crippen molar-refractivity contribution >= 4 is 21.5 Å². The summed E-state index contributed by atoms with van der Waals surface area (Å²) < 4.78 is 27.9. The maximum Gasteiger partial charge on any atom is 0.262 e. The Morgan fingerprint density at radius 2 is 1.62 bits per heavy atom. The van der Waals surface area contributed by atoms with E-state index in [0.717, 1.165) is 22.3 Å². The lowest BCUT2D eigenvalue weighted by molar-refractivity contribution is 0.599. The zero-order chi connectivity index (χ0) is 15.8. The minimum absolute atomic E-state index is 0.330. The second-order valence-corrected chi connectivity index (χ2v) is 6.79. The first-order chi connectivity index (χ1) is 9.72. The van der Waals surface area contributed by atoms with Crippen molar-refractivity contribution in [1.29, 1.82) is 0 Å². The molecule has 2 rings (SSSR count). The number of benzene rings is 1. The molecule has 0 atom stereocenters. The number of hydrogen-bond donors (Lipinski definition) is 2. The van der Waals surface area contributed by atoms with Gasteiger partial charge in [-0.05, 0) is 62.1 Å². The smallest absolute Gasteiger partial charge is 0.262 e. The monoisotopic (exact) mass is 305 g/mol. The first-order valence-corrected chi connectivity index (χ1v) is 8.02. The predicted molar refractivity (Wildman–Crippen MR) is 84.8 cm³/mol. The Labute approximate surface area is 125 Å². The summed E-state index contributed by atoms with van der Waals surface area (Å²) in [5.41, 5.74) is 9.31. The van der Waals surface area contributed by atoms with Gasteiger partial charge in [-0.15, -0.1) is 0 Å². The Hall–Kier alpha value is -2.08. The predicted octanol–water partition coefficient (Wildman–Crippen LogP) is 2.70. The fourth-order valence-corrected chi connectivity index (χ4v) is 3.92. The third-order valence-electron chi connectivity index (χ3n) is 3.60. The summed E-state index contributed by atoms with van der Waals surface area (Å²) >= 11 is 0. The molecule has 0 saturated carbocycles. The number of nitrogen functional groups attached to an aromatic ring is 1. The molecule has 1 heterocycles. The molecule has 0 aliphatic carbocycles. The van der Waals surface area contributed by atoms with Gasteiger partial charge in [0.05, 0.1) is 16.8 Å². The lowest BCUT2D eigenvalue weighted by atomic mass is 10.0. The van der Waals surface area contributed by atoms with Gasteiger partial charge in [-0.25, -0.2) is 13.4 Å². The Kier molecular flexibility index (Phi) is 3.91. The Balaban J connectivity index is 2.52. The molecule has 0 radical (unpaired) electrons. The van der Waals surface area contributed by atoms with Gasteiger partial charge in [0.15, 0.2) is 0 Å². The van der Waals surface area contributed by atoms with Crippen molar-refractivity contribution in [2.75, 3.05) is 10.5 Å². The maximum atomic E-state index is 12.7. The topological polar surface area (TPSA) is 85.1 Å². The molecule has 0 amide bonds. The summed E-state index contributed by atoms with van der Waals surface area (Å²) in [4.78, 5) is 4.22. The molecule has 0 aliphatic heterocycles. The van der Waals surface area contributed by atoms with Crippen LogP contribution in [0.4, 0.5) is 11.5 Å². The van der Waals surface area contributed by atoms with Gasteiger partial charge in [0.2, 0.25) is 0 Å². The van der Waals surface area contributed by atoms with Crippen LogP contribution >= 0.6 is 0 Å². The SMILES string of the molecule is Cc1cc(C)c(C)c(S(=O)(=O)Nc2ccc(N)nc2)c1C. The van der Waals surface area contributed by atoms with E-state index in [1.807, 2.05) is 33.8 Å². The number of aromatic nitrogens is 1. The normalized spacial score (nSPS) is 11.4. The molecule has 112 valence electrons. The highest BCUT2D eigenvalue weighted by molar-refractivity contribution is 7.92. The average Bonchev–Trinajstić information content (AvgIpc) is 2.39. The highest BCUT2D eigenvalue weighted by Gasteiger charge is 2.22. The number of nitrogens with two attached hydrogens (primary N) is 1. The number of sulfonamides is 1. The number of pyridine rings is 1. The highest BCUT2D eigenvalue weighted by atomic mass is 32.2. The maximum absolute atomic E-state index is 12.7. The van der Waals surface area contributed by atoms with Crippen molar-refractivity contribution in [3.05, 3.63) is 46.6 Å². The third-order valence-corrected chi connectivity index (χ3v) is 5.26. The van der Waals surface area contributed by atoms with Crippen LogP contribution in [0.1, 0.15) is 22.3 Å². The molecule has 3 N–H and O–H groups in total. The molecular formula is C15H19N3O2S. The molecule has 0 bridgehead atoms. The second-order valence-electron chi connectivity index (χ2n) is 5.17.